The van der Waals surface area contributed by atoms with Gasteiger partial charge in [-0.05, 0) is 38.3 Å². The summed E-state index contributed by atoms with van der Waals surface area (Å²) in [6.45, 7) is 4.79. The van der Waals surface area contributed by atoms with Crippen LogP contribution >= 0.6 is 0 Å². The van der Waals surface area contributed by atoms with E-state index in [0.717, 1.165) is 28.6 Å². The van der Waals surface area contributed by atoms with E-state index in [1.807, 2.05) is 38.1 Å². The first-order valence-electron chi connectivity index (χ1n) is 9.29. The Morgan fingerprint density at radius 3 is 2.65 bits per heavy atom. The van der Waals surface area contributed by atoms with Crippen LogP contribution in [0.2, 0.25) is 0 Å². The summed E-state index contributed by atoms with van der Waals surface area (Å²) in [5, 5.41) is 1.01. The minimum atomic E-state index is -0.466. The maximum atomic E-state index is 13.1. The summed E-state index contributed by atoms with van der Waals surface area (Å²) >= 11 is 0. The molecule has 0 spiro atoms. The molecule has 1 saturated heterocycles. The molecule has 2 atom stereocenters. The van der Waals surface area contributed by atoms with Crippen LogP contribution < -0.4 is 0 Å². The summed E-state index contributed by atoms with van der Waals surface area (Å²) in [4.78, 5) is 44.7. The molecule has 1 aromatic carbocycles. The van der Waals surface area contributed by atoms with Gasteiger partial charge in [-0.2, -0.15) is 0 Å². The number of likely N-dealkylation sites (tertiary alicyclic amines) is 1. The first-order valence-corrected chi connectivity index (χ1v) is 9.29. The molecule has 26 heavy (non-hydrogen) atoms. The molecule has 2 aliphatic rings. The van der Waals surface area contributed by atoms with Crippen molar-refractivity contribution in [1.82, 2.24) is 14.8 Å². The number of carbonyl (C=O) groups is 3. The van der Waals surface area contributed by atoms with E-state index in [-0.39, 0.29) is 30.2 Å². The molecule has 1 N–H and O–H groups in total. The van der Waals surface area contributed by atoms with Crippen LogP contribution in [0.1, 0.15) is 37.4 Å². The molecule has 1 aliphatic carbocycles. The molecule has 6 nitrogen and oxygen atoms in total. The number of para-hydroxylation sites is 1. The second-order valence-electron chi connectivity index (χ2n) is 7.01. The molecule has 2 heterocycles. The van der Waals surface area contributed by atoms with Gasteiger partial charge in [0.25, 0.3) is 0 Å². The monoisotopic (exact) mass is 353 g/mol. The van der Waals surface area contributed by atoms with Crippen LogP contribution in [0.25, 0.3) is 10.9 Å². The number of carbonyl (C=O) groups excluding carboxylic acids is 3. The van der Waals surface area contributed by atoms with E-state index >= 15 is 0 Å². The van der Waals surface area contributed by atoms with Crippen LogP contribution in [0.5, 0.6) is 0 Å². The molecule has 136 valence electrons. The van der Waals surface area contributed by atoms with Gasteiger partial charge in [-0.3, -0.25) is 19.3 Å². The lowest BCUT2D eigenvalue weighted by Crippen LogP contribution is -2.43. The van der Waals surface area contributed by atoms with E-state index in [2.05, 4.69) is 4.98 Å². The molecule has 1 aliphatic heterocycles. The third-order valence-electron chi connectivity index (χ3n) is 5.77. The van der Waals surface area contributed by atoms with Gasteiger partial charge in [0.2, 0.25) is 17.7 Å². The van der Waals surface area contributed by atoms with E-state index in [1.54, 1.807) is 4.90 Å². The van der Waals surface area contributed by atoms with Crippen molar-refractivity contribution >= 4 is 28.6 Å². The predicted octanol–water partition coefficient (Wildman–Crippen LogP) is 2.05. The first kappa shape index (κ1) is 16.8. The molecule has 0 saturated carbocycles. The lowest BCUT2D eigenvalue weighted by atomic mass is 9.78. The van der Waals surface area contributed by atoms with E-state index in [1.165, 1.54) is 4.90 Å². The second kappa shape index (κ2) is 6.27. The number of hydrogen-bond donors (Lipinski definition) is 1. The van der Waals surface area contributed by atoms with Crippen molar-refractivity contribution in [1.29, 1.82) is 0 Å². The van der Waals surface area contributed by atoms with Crippen molar-refractivity contribution in [3.63, 3.8) is 0 Å². The van der Waals surface area contributed by atoms with E-state index in [0.29, 0.717) is 19.5 Å². The molecule has 2 aromatic rings. The number of likely N-dealkylation sites (N-methyl/N-ethyl adjacent to an activating group) is 1. The number of aromatic amines is 1. The molecule has 6 heteroatoms. The maximum absolute atomic E-state index is 13.1. The Kier molecular flexibility index (Phi) is 4.05. The third kappa shape index (κ3) is 2.35. The quantitative estimate of drug-likeness (QED) is 0.855. The first-order chi connectivity index (χ1) is 12.6. The van der Waals surface area contributed by atoms with Gasteiger partial charge in [-0.25, -0.2) is 0 Å². The van der Waals surface area contributed by atoms with E-state index in [4.69, 9.17) is 0 Å². The average Bonchev–Trinajstić information content (AvgIpc) is 3.13. The number of imide groups is 1. The van der Waals surface area contributed by atoms with Crippen LogP contribution in [0, 0.1) is 5.92 Å². The lowest BCUT2D eigenvalue weighted by molar-refractivity contribution is -0.146. The smallest absolute Gasteiger partial charge is 0.242 e. The van der Waals surface area contributed by atoms with Crippen molar-refractivity contribution in [2.45, 2.75) is 32.6 Å². The highest BCUT2D eigenvalue weighted by atomic mass is 16.2. The van der Waals surface area contributed by atoms with Gasteiger partial charge in [0, 0.05) is 29.7 Å². The number of nitrogens with zero attached hydrogens (tertiary/aromatic N) is 2. The summed E-state index contributed by atoms with van der Waals surface area (Å²) in [6.07, 6.45) is 1.40. The third-order valence-corrected chi connectivity index (χ3v) is 5.77. The lowest BCUT2D eigenvalue weighted by Gasteiger charge is -2.22. The number of H-pyrrole nitrogens is 1. The van der Waals surface area contributed by atoms with Gasteiger partial charge in [0.1, 0.15) is 6.54 Å². The Balaban J connectivity index is 1.69. The molecular formula is C20H23N3O3. The standard InChI is InChI=1S/C20H23N3O3/c1-3-22(4-2)16(24)11-23-19(25)13-9-10-15-17(18(13)20(23)26)12-7-5-6-8-14(12)21-15/h5-8,13,18,21H,3-4,9-11H2,1-2H3/t13-,18-/m1/s1. The summed E-state index contributed by atoms with van der Waals surface area (Å²) < 4.78 is 0. The van der Waals surface area contributed by atoms with Crippen LogP contribution in [0.15, 0.2) is 24.3 Å². The average molecular weight is 353 g/mol. The largest absolute Gasteiger partial charge is 0.358 e. The minimum absolute atomic E-state index is 0.149. The van der Waals surface area contributed by atoms with Gasteiger partial charge in [0.15, 0.2) is 0 Å². The summed E-state index contributed by atoms with van der Waals surface area (Å²) in [7, 11) is 0. The van der Waals surface area contributed by atoms with E-state index < -0.39 is 5.92 Å². The number of amides is 3. The molecule has 0 bridgehead atoms. The van der Waals surface area contributed by atoms with Gasteiger partial charge in [-0.1, -0.05) is 18.2 Å². The number of aryl methyl sites for hydroxylation is 1. The van der Waals surface area contributed by atoms with Crippen LogP contribution in [0.3, 0.4) is 0 Å². The number of fused-ring (bicyclic) bond motifs is 5. The van der Waals surface area contributed by atoms with E-state index in [9.17, 15) is 14.4 Å². The molecule has 1 fully saturated rings. The summed E-state index contributed by atoms with van der Waals surface area (Å²) in [6, 6.07) is 7.89. The highest BCUT2D eigenvalue weighted by Crippen LogP contribution is 2.45. The van der Waals surface area contributed by atoms with Gasteiger partial charge in [-0.15, -0.1) is 0 Å². The molecule has 4 rings (SSSR count). The number of aromatic nitrogens is 1. The minimum Gasteiger partial charge on any atom is -0.358 e. The number of rotatable bonds is 4. The highest BCUT2D eigenvalue weighted by molar-refractivity contribution is 6.11. The Hall–Kier alpha value is -2.63. The summed E-state index contributed by atoms with van der Waals surface area (Å²) in [5.41, 5.74) is 2.99. The molecular weight excluding hydrogens is 330 g/mol. The van der Waals surface area contributed by atoms with Crippen LogP contribution in [-0.2, 0) is 20.8 Å². The van der Waals surface area contributed by atoms with Crippen molar-refractivity contribution < 1.29 is 14.4 Å². The van der Waals surface area contributed by atoms with Crippen molar-refractivity contribution in [2.75, 3.05) is 19.6 Å². The van der Waals surface area contributed by atoms with Gasteiger partial charge in [0.05, 0.1) is 11.8 Å². The fraction of sp³-hybridized carbons (Fsp3) is 0.450. The highest BCUT2D eigenvalue weighted by Gasteiger charge is 2.51. The Labute approximate surface area is 152 Å². The fourth-order valence-corrected chi connectivity index (χ4v) is 4.45. The topological polar surface area (TPSA) is 73.5 Å². The Morgan fingerprint density at radius 2 is 1.92 bits per heavy atom. The number of nitrogens with one attached hydrogen (secondary N) is 1. The van der Waals surface area contributed by atoms with Crippen molar-refractivity contribution in [3.05, 3.63) is 35.5 Å². The Bertz CT molecular complexity index is 897. The van der Waals surface area contributed by atoms with Crippen molar-refractivity contribution in [3.8, 4) is 0 Å². The second-order valence-corrected chi connectivity index (χ2v) is 7.01. The Morgan fingerprint density at radius 1 is 1.19 bits per heavy atom. The molecule has 3 amide bonds. The molecule has 0 radical (unpaired) electrons. The van der Waals surface area contributed by atoms with Crippen LogP contribution in [0.4, 0.5) is 0 Å². The molecule has 1 aromatic heterocycles. The maximum Gasteiger partial charge on any atom is 0.242 e. The van der Waals surface area contributed by atoms with Crippen molar-refractivity contribution in [2.24, 2.45) is 5.92 Å². The fourth-order valence-electron chi connectivity index (χ4n) is 4.45. The normalized spacial score (nSPS) is 21.8. The number of hydrogen-bond acceptors (Lipinski definition) is 3. The predicted molar refractivity (Wildman–Crippen MR) is 97.5 cm³/mol. The number of benzene rings is 1. The zero-order chi connectivity index (χ0) is 18.4. The zero-order valence-corrected chi connectivity index (χ0v) is 15.1. The zero-order valence-electron chi connectivity index (χ0n) is 15.1. The SMILES string of the molecule is CCN(CC)C(=O)CN1C(=O)[C@@H]2CCc3[nH]c4ccccc4c3[C@@H]2C1=O. The molecule has 0 unspecified atom stereocenters. The van der Waals surface area contributed by atoms with Gasteiger partial charge < -0.3 is 9.88 Å². The van der Waals surface area contributed by atoms with Crippen LogP contribution in [-0.4, -0.2) is 52.1 Å². The van der Waals surface area contributed by atoms with Gasteiger partial charge >= 0.3 is 0 Å². The summed E-state index contributed by atoms with van der Waals surface area (Å²) in [5.74, 6) is -1.41.